The molecular weight excluding hydrogens is 226 g/mol. The van der Waals surface area contributed by atoms with Gasteiger partial charge in [0.05, 0.1) is 13.2 Å². The molecule has 16 heavy (non-hydrogen) atoms. The van der Waals surface area contributed by atoms with Crippen LogP contribution in [-0.2, 0) is 0 Å². The summed E-state index contributed by atoms with van der Waals surface area (Å²) < 4.78 is 11.2. The topological polar surface area (TPSA) is 30.5 Å². The quantitative estimate of drug-likeness (QED) is 0.824. The molecule has 0 radical (unpaired) electrons. The second kappa shape index (κ2) is 5.41. The first-order valence-corrected chi connectivity index (χ1v) is 6.01. The van der Waals surface area contributed by atoms with Crippen LogP contribution in [0, 0.1) is 0 Å². The van der Waals surface area contributed by atoms with Gasteiger partial charge in [0, 0.05) is 18.3 Å². The van der Waals surface area contributed by atoms with Crippen LogP contribution in [0.1, 0.15) is 18.0 Å². The lowest BCUT2D eigenvalue weighted by atomic mass is 10.1. The summed E-state index contributed by atoms with van der Waals surface area (Å²) >= 11 is 5.88. The van der Waals surface area contributed by atoms with E-state index < -0.39 is 0 Å². The van der Waals surface area contributed by atoms with Gasteiger partial charge in [-0.15, -0.1) is 11.6 Å². The maximum Gasteiger partial charge on any atom is 0.161 e. The number of fused-ring (bicyclic) bond motifs is 1. The molecule has 0 aliphatic carbocycles. The number of hydrogen-bond donors (Lipinski definition) is 1. The summed E-state index contributed by atoms with van der Waals surface area (Å²) in [5.74, 6) is 2.18. The van der Waals surface area contributed by atoms with Crippen LogP contribution in [0.3, 0.4) is 0 Å². The van der Waals surface area contributed by atoms with Gasteiger partial charge in [-0.25, -0.2) is 0 Å². The zero-order valence-corrected chi connectivity index (χ0v) is 10.1. The Balaban J connectivity index is 2.26. The Hall–Kier alpha value is -0.930. The second-order valence-electron chi connectivity index (χ2n) is 3.75. The summed E-state index contributed by atoms with van der Waals surface area (Å²) in [6, 6.07) is 6.13. The zero-order valence-electron chi connectivity index (χ0n) is 9.33. The molecule has 3 nitrogen and oxygen atoms in total. The highest BCUT2D eigenvalue weighted by Crippen LogP contribution is 2.32. The van der Waals surface area contributed by atoms with Crippen molar-refractivity contribution >= 4 is 11.6 Å². The Morgan fingerprint density at radius 2 is 2.06 bits per heavy atom. The fourth-order valence-corrected chi connectivity index (χ4v) is 2.06. The first kappa shape index (κ1) is 11.6. The molecule has 88 valence electrons. The van der Waals surface area contributed by atoms with Gasteiger partial charge in [-0.3, -0.25) is 0 Å². The van der Waals surface area contributed by atoms with Crippen LogP contribution in [0.15, 0.2) is 18.2 Å². The van der Waals surface area contributed by atoms with Crippen LogP contribution < -0.4 is 14.8 Å². The lowest BCUT2D eigenvalue weighted by molar-refractivity contribution is 0.297. The van der Waals surface area contributed by atoms with E-state index in [1.165, 1.54) is 0 Å². The Kier molecular flexibility index (Phi) is 3.91. The van der Waals surface area contributed by atoms with Crippen LogP contribution in [0.5, 0.6) is 11.5 Å². The van der Waals surface area contributed by atoms with Gasteiger partial charge in [-0.05, 0) is 24.7 Å². The van der Waals surface area contributed by atoms with E-state index >= 15 is 0 Å². The van der Waals surface area contributed by atoms with Gasteiger partial charge in [0.15, 0.2) is 11.5 Å². The van der Waals surface area contributed by atoms with E-state index in [1.807, 2.05) is 25.2 Å². The van der Waals surface area contributed by atoms with E-state index in [-0.39, 0.29) is 6.04 Å². The SMILES string of the molecule is CNC(CCl)c1ccc2c(c1)OCCCO2. The van der Waals surface area contributed by atoms with Crippen LogP contribution in [0.2, 0.25) is 0 Å². The largest absolute Gasteiger partial charge is 0.490 e. The Morgan fingerprint density at radius 1 is 1.31 bits per heavy atom. The highest BCUT2D eigenvalue weighted by Gasteiger charge is 2.14. The molecule has 4 heteroatoms. The summed E-state index contributed by atoms with van der Waals surface area (Å²) in [6.45, 7) is 1.43. The van der Waals surface area contributed by atoms with Gasteiger partial charge in [0.1, 0.15) is 0 Å². The minimum Gasteiger partial charge on any atom is -0.490 e. The average Bonchev–Trinajstić information content (AvgIpc) is 2.55. The van der Waals surface area contributed by atoms with Crippen molar-refractivity contribution in [2.75, 3.05) is 26.1 Å². The molecule has 1 heterocycles. The number of benzene rings is 1. The Morgan fingerprint density at radius 3 is 2.75 bits per heavy atom. The van der Waals surface area contributed by atoms with E-state index in [0.29, 0.717) is 12.5 Å². The van der Waals surface area contributed by atoms with Gasteiger partial charge in [-0.1, -0.05) is 6.07 Å². The van der Waals surface area contributed by atoms with Crippen molar-refractivity contribution in [3.63, 3.8) is 0 Å². The fourth-order valence-electron chi connectivity index (χ4n) is 1.73. The monoisotopic (exact) mass is 241 g/mol. The number of rotatable bonds is 3. The van der Waals surface area contributed by atoms with Gasteiger partial charge in [0.2, 0.25) is 0 Å². The van der Waals surface area contributed by atoms with Gasteiger partial charge >= 0.3 is 0 Å². The van der Waals surface area contributed by atoms with E-state index in [1.54, 1.807) is 0 Å². The molecule has 0 bridgehead atoms. The molecule has 1 aliphatic heterocycles. The maximum absolute atomic E-state index is 5.88. The fraction of sp³-hybridized carbons (Fsp3) is 0.500. The molecule has 1 N–H and O–H groups in total. The Bertz CT molecular complexity index is 353. The molecule has 2 rings (SSSR count). The summed E-state index contributed by atoms with van der Waals surface area (Å²) in [6.07, 6.45) is 0.926. The molecule has 0 saturated heterocycles. The van der Waals surface area contributed by atoms with E-state index in [4.69, 9.17) is 21.1 Å². The minimum absolute atomic E-state index is 0.152. The molecule has 1 aromatic rings. The van der Waals surface area contributed by atoms with Crippen molar-refractivity contribution in [2.24, 2.45) is 0 Å². The van der Waals surface area contributed by atoms with Crippen LogP contribution in [0.4, 0.5) is 0 Å². The molecule has 0 aromatic heterocycles. The second-order valence-corrected chi connectivity index (χ2v) is 4.06. The summed E-state index contributed by atoms with van der Waals surface area (Å²) in [5, 5.41) is 3.16. The van der Waals surface area contributed by atoms with Crippen molar-refractivity contribution in [1.29, 1.82) is 0 Å². The third-order valence-corrected chi connectivity index (χ3v) is 2.99. The smallest absolute Gasteiger partial charge is 0.161 e. The molecule has 1 aromatic carbocycles. The van der Waals surface area contributed by atoms with Crippen LogP contribution >= 0.6 is 11.6 Å². The predicted molar refractivity (Wildman–Crippen MR) is 64.6 cm³/mol. The molecule has 0 spiro atoms. The van der Waals surface area contributed by atoms with E-state index in [9.17, 15) is 0 Å². The van der Waals surface area contributed by atoms with Crippen molar-refractivity contribution in [3.8, 4) is 11.5 Å². The molecule has 1 aliphatic rings. The van der Waals surface area contributed by atoms with E-state index in [2.05, 4.69) is 5.32 Å². The van der Waals surface area contributed by atoms with Gasteiger partial charge in [-0.2, -0.15) is 0 Å². The summed E-state index contributed by atoms with van der Waals surface area (Å²) in [7, 11) is 1.90. The van der Waals surface area contributed by atoms with Crippen LogP contribution in [0.25, 0.3) is 0 Å². The first-order valence-electron chi connectivity index (χ1n) is 5.48. The lowest BCUT2D eigenvalue weighted by Crippen LogP contribution is -2.17. The number of halogens is 1. The highest BCUT2D eigenvalue weighted by molar-refractivity contribution is 6.18. The molecule has 0 fully saturated rings. The number of nitrogens with one attached hydrogen (secondary N) is 1. The maximum atomic E-state index is 5.88. The minimum atomic E-state index is 0.152. The van der Waals surface area contributed by atoms with Crippen LogP contribution in [-0.4, -0.2) is 26.1 Å². The third-order valence-electron chi connectivity index (χ3n) is 2.68. The van der Waals surface area contributed by atoms with Crippen molar-refractivity contribution in [1.82, 2.24) is 5.32 Å². The molecular formula is C12H16ClNO2. The van der Waals surface area contributed by atoms with Gasteiger partial charge in [0.25, 0.3) is 0 Å². The molecule has 0 saturated carbocycles. The number of ether oxygens (including phenoxy) is 2. The third kappa shape index (κ3) is 2.42. The van der Waals surface area contributed by atoms with Gasteiger partial charge < -0.3 is 14.8 Å². The van der Waals surface area contributed by atoms with Crippen molar-refractivity contribution in [3.05, 3.63) is 23.8 Å². The number of alkyl halides is 1. The molecule has 1 unspecified atom stereocenters. The average molecular weight is 242 g/mol. The van der Waals surface area contributed by atoms with E-state index in [0.717, 1.165) is 30.1 Å². The standard InChI is InChI=1S/C12H16ClNO2/c1-14-10(8-13)9-3-4-11-12(7-9)16-6-2-5-15-11/h3-4,7,10,14H,2,5-6,8H2,1H3. The number of hydrogen-bond acceptors (Lipinski definition) is 3. The predicted octanol–water partition coefficient (Wildman–Crippen LogP) is 2.35. The zero-order chi connectivity index (χ0) is 11.4. The summed E-state index contributed by atoms with van der Waals surface area (Å²) in [5.41, 5.74) is 1.13. The highest BCUT2D eigenvalue weighted by atomic mass is 35.5. The van der Waals surface area contributed by atoms with Crippen molar-refractivity contribution < 1.29 is 9.47 Å². The summed E-state index contributed by atoms with van der Waals surface area (Å²) in [4.78, 5) is 0. The molecule has 1 atom stereocenters. The molecule has 0 amide bonds. The normalized spacial score (nSPS) is 16.6. The lowest BCUT2D eigenvalue weighted by Gasteiger charge is -2.15. The first-order chi connectivity index (χ1) is 7.85. The Labute approximate surface area is 101 Å². The van der Waals surface area contributed by atoms with Crippen molar-refractivity contribution in [2.45, 2.75) is 12.5 Å².